The lowest BCUT2D eigenvalue weighted by atomic mass is 9.63. The van der Waals surface area contributed by atoms with Gasteiger partial charge in [-0.15, -0.1) is 10.2 Å². The smallest absolute Gasteiger partial charge is 0.235 e. The van der Waals surface area contributed by atoms with Crippen LogP contribution in [0, 0.1) is 17.8 Å². The second-order valence-electron chi connectivity index (χ2n) is 7.03. The summed E-state index contributed by atoms with van der Waals surface area (Å²) in [5.41, 5.74) is 0.840. The predicted octanol–water partition coefficient (Wildman–Crippen LogP) is 3.21. The van der Waals surface area contributed by atoms with Gasteiger partial charge in [-0.25, -0.2) is 0 Å². The highest BCUT2D eigenvalue weighted by Gasteiger charge is 2.37. The van der Waals surface area contributed by atoms with Gasteiger partial charge in [0.15, 0.2) is 0 Å². The summed E-state index contributed by atoms with van der Waals surface area (Å²) in [7, 11) is 0. The lowest BCUT2D eigenvalue weighted by Crippen LogP contribution is -2.35. The van der Waals surface area contributed by atoms with Crippen molar-refractivity contribution >= 4 is 11.9 Å². The monoisotopic (exact) mass is 325 g/mol. The van der Waals surface area contributed by atoms with Gasteiger partial charge in [0.1, 0.15) is 6.33 Å². The molecule has 1 amide bonds. The SMILES string of the molecule is O=C(CC(C1CCC1)C1CCC1)Nc1nncn1-c1cccnc1. The zero-order chi connectivity index (χ0) is 16.4. The molecular weight excluding hydrogens is 302 g/mol. The van der Waals surface area contributed by atoms with Crippen molar-refractivity contribution in [3.05, 3.63) is 30.9 Å². The van der Waals surface area contributed by atoms with Crippen LogP contribution in [0.15, 0.2) is 30.9 Å². The third-order valence-corrected chi connectivity index (χ3v) is 5.65. The topological polar surface area (TPSA) is 72.7 Å². The van der Waals surface area contributed by atoms with Gasteiger partial charge in [-0.3, -0.25) is 19.7 Å². The summed E-state index contributed by atoms with van der Waals surface area (Å²) in [6.07, 6.45) is 13.5. The number of carbonyl (C=O) groups excluding carboxylic acids is 1. The van der Waals surface area contributed by atoms with E-state index in [9.17, 15) is 4.79 Å². The molecule has 0 spiro atoms. The normalized spacial score (nSPS) is 18.2. The molecule has 2 heterocycles. The Morgan fingerprint density at radius 2 is 2.00 bits per heavy atom. The molecule has 0 aromatic carbocycles. The van der Waals surface area contributed by atoms with Crippen LogP contribution in [0.1, 0.15) is 44.9 Å². The van der Waals surface area contributed by atoms with E-state index in [1.165, 1.54) is 38.5 Å². The fourth-order valence-corrected chi connectivity index (χ4v) is 3.85. The molecule has 24 heavy (non-hydrogen) atoms. The van der Waals surface area contributed by atoms with Crippen molar-refractivity contribution in [1.29, 1.82) is 0 Å². The van der Waals surface area contributed by atoms with E-state index in [4.69, 9.17) is 0 Å². The molecule has 2 aromatic rings. The average Bonchev–Trinajstić information content (AvgIpc) is 2.92. The van der Waals surface area contributed by atoms with E-state index in [1.54, 1.807) is 23.3 Å². The molecule has 4 rings (SSSR count). The summed E-state index contributed by atoms with van der Waals surface area (Å²) < 4.78 is 1.76. The Kier molecular flexibility index (Phi) is 4.28. The first kappa shape index (κ1) is 15.3. The molecule has 0 unspecified atom stereocenters. The van der Waals surface area contributed by atoms with Crippen LogP contribution in [0.25, 0.3) is 5.69 Å². The molecule has 1 N–H and O–H groups in total. The Balaban J connectivity index is 1.43. The highest BCUT2D eigenvalue weighted by molar-refractivity contribution is 5.89. The molecule has 2 aliphatic rings. The van der Waals surface area contributed by atoms with Crippen molar-refractivity contribution in [2.45, 2.75) is 44.9 Å². The van der Waals surface area contributed by atoms with Gasteiger partial charge in [-0.2, -0.15) is 0 Å². The number of nitrogens with zero attached hydrogens (tertiary/aromatic N) is 4. The number of anilines is 1. The number of hydrogen-bond acceptors (Lipinski definition) is 4. The molecule has 2 fully saturated rings. The fourth-order valence-electron chi connectivity index (χ4n) is 3.85. The zero-order valence-corrected chi connectivity index (χ0v) is 13.8. The molecular formula is C18H23N5O. The molecule has 0 atom stereocenters. The summed E-state index contributed by atoms with van der Waals surface area (Å²) in [6, 6.07) is 3.77. The van der Waals surface area contributed by atoms with Crippen molar-refractivity contribution in [3.63, 3.8) is 0 Å². The molecule has 2 aromatic heterocycles. The highest BCUT2D eigenvalue weighted by atomic mass is 16.1. The Morgan fingerprint density at radius 1 is 1.25 bits per heavy atom. The minimum absolute atomic E-state index is 0.0527. The molecule has 6 heteroatoms. The van der Waals surface area contributed by atoms with Crippen molar-refractivity contribution in [3.8, 4) is 5.69 Å². The molecule has 0 aliphatic heterocycles. The Bertz CT molecular complexity index is 676. The second-order valence-corrected chi connectivity index (χ2v) is 7.03. The molecule has 126 valence electrons. The van der Waals surface area contributed by atoms with E-state index in [-0.39, 0.29) is 5.91 Å². The van der Waals surface area contributed by atoms with Crippen LogP contribution < -0.4 is 5.32 Å². The molecule has 2 aliphatic carbocycles. The summed E-state index contributed by atoms with van der Waals surface area (Å²) in [4.78, 5) is 16.7. The van der Waals surface area contributed by atoms with Gasteiger partial charge in [0.25, 0.3) is 0 Å². The molecule has 0 radical (unpaired) electrons. The summed E-state index contributed by atoms with van der Waals surface area (Å²) in [5.74, 6) is 2.56. The Hall–Kier alpha value is -2.24. The first-order valence-electron chi connectivity index (χ1n) is 8.91. The molecule has 2 saturated carbocycles. The minimum Gasteiger partial charge on any atom is -0.294 e. The van der Waals surface area contributed by atoms with Crippen LogP contribution >= 0.6 is 0 Å². The van der Waals surface area contributed by atoms with E-state index >= 15 is 0 Å². The zero-order valence-electron chi connectivity index (χ0n) is 13.8. The maximum atomic E-state index is 12.6. The minimum atomic E-state index is 0.0527. The van der Waals surface area contributed by atoms with Gasteiger partial charge < -0.3 is 0 Å². The maximum Gasteiger partial charge on any atom is 0.235 e. The molecule has 0 saturated heterocycles. The quantitative estimate of drug-likeness (QED) is 0.885. The van der Waals surface area contributed by atoms with Crippen molar-refractivity contribution < 1.29 is 4.79 Å². The number of nitrogens with one attached hydrogen (secondary N) is 1. The number of aromatic nitrogens is 4. The third-order valence-electron chi connectivity index (χ3n) is 5.65. The fraction of sp³-hybridized carbons (Fsp3) is 0.556. The third kappa shape index (κ3) is 3.05. The van der Waals surface area contributed by atoms with Crippen LogP contribution in [0.3, 0.4) is 0 Å². The Labute approximate surface area is 141 Å². The molecule has 0 bridgehead atoms. The summed E-state index contributed by atoms with van der Waals surface area (Å²) in [6.45, 7) is 0. The average molecular weight is 325 g/mol. The van der Waals surface area contributed by atoms with Gasteiger partial charge in [0.05, 0.1) is 11.9 Å². The van der Waals surface area contributed by atoms with Crippen LogP contribution in [0.5, 0.6) is 0 Å². The van der Waals surface area contributed by atoms with Gasteiger partial charge >= 0.3 is 0 Å². The molecule has 6 nitrogen and oxygen atoms in total. The van der Waals surface area contributed by atoms with Gasteiger partial charge in [0.2, 0.25) is 11.9 Å². The second kappa shape index (κ2) is 6.71. The lowest BCUT2D eigenvalue weighted by Gasteiger charge is -2.42. The number of rotatable bonds is 6. The number of pyridine rings is 1. The van der Waals surface area contributed by atoms with Crippen LogP contribution in [0.2, 0.25) is 0 Å². The lowest BCUT2D eigenvalue weighted by molar-refractivity contribution is -0.118. The number of hydrogen-bond donors (Lipinski definition) is 1. The van der Waals surface area contributed by atoms with Crippen LogP contribution in [-0.4, -0.2) is 25.7 Å². The van der Waals surface area contributed by atoms with E-state index in [0.717, 1.165) is 17.5 Å². The first-order valence-corrected chi connectivity index (χ1v) is 8.91. The number of amides is 1. The maximum absolute atomic E-state index is 12.6. The highest BCUT2D eigenvalue weighted by Crippen LogP contribution is 2.46. The van der Waals surface area contributed by atoms with Crippen molar-refractivity contribution in [2.75, 3.05) is 5.32 Å². The summed E-state index contributed by atoms with van der Waals surface area (Å²) >= 11 is 0. The van der Waals surface area contributed by atoms with E-state index in [2.05, 4.69) is 20.5 Å². The van der Waals surface area contributed by atoms with Gasteiger partial charge in [-0.05, 0) is 29.9 Å². The summed E-state index contributed by atoms with van der Waals surface area (Å²) in [5, 5.41) is 10.9. The standard InChI is InChI=1S/C18H23N5O/c24-17(10-16(13-4-1-5-13)14-6-2-7-14)21-18-22-20-12-23(18)15-8-3-9-19-11-15/h3,8-9,11-14,16H,1-2,4-7,10H2,(H,21,22,24). The first-order chi connectivity index (χ1) is 11.8. The van der Waals surface area contributed by atoms with E-state index in [0.29, 0.717) is 18.3 Å². The van der Waals surface area contributed by atoms with Crippen molar-refractivity contribution in [2.24, 2.45) is 17.8 Å². The van der Waals surface area contributed by atoms with Crippen LogP contribution in [-0.2, 0) is 4.79 Å². The van der Waals surface area contributed by atoms with Crippen LogP contribution in [0.4, 0.5) is 5.95 Å². The van der Waals surface area contributed by atoms with Gasteiger partial charge in [-0.1, -0.05) is 38.5 Å². The predicted molar refractivity (Wildman–Crippen MR) is 90.6 cm³/mol. The largest absolute Gasteiger partial charge is 0.294 e. The van der Waals surface area contributed by atoms with E-state index < -0.39 is 0 Å². The van der Waals surface area contributed by atoms with Crippen molar-refractivity contribution in [1.82, 2.24) is 19.7 Å². The van der Waals surface area contributed by atoms with Gasteiger partial charge in [0, 0.05) is 12.6 Å². The Morgan fingerprint density at radius 3 is 2.58 bits per heavy atom. The van der Waals surface area contributed by atoms with E-state index in [1.807, 2.05) is 12.1 Å². The number of carbonyl (C=O) groups is 1.